The van der Waals surface area contributed by atoms with E-state index < -0.39 is 0 Å². The zero-order valence-corrected chi connectivity index (χ0v) is 4.16. The van der Waals surface area contributed by atoms with Crippen LogP contribution in [0, 0.1) is 6.08 Å². The fourth-order valence-corrected chi connectivity index (χ4v) is 0.402. The summed E-state index contributed by atoms with van der Waals surface area (Å²) in [5, 5.41) is 0. The lowest BCUT2D eigenvalue weighted by atomic mass is 10.3. The Morgan fingerprint density at radius 3 is 3.00 bits per heavy atom. The molecule has 0 fully saturated rings. The molecule has 0 N–H and O–H groups in total. The van der Waals surface area contributed by atoms with E-state index in [9.17, 15) is 4.79 Å². The van der Waals surface area contributed by atoms with Gasteiger partial charge in [-0.25, -0.2) is 0 Å². The van der Waals surface area contributed by atoms with Crippen molar-refractivity contribution in [1.82, 2.24) is 0 Å². The van der Waals surface area contributed by atoms with Crippen molar-refractivity contribution >= 4 is 12.0 Å². The van der Waals surface area contributed by atoms with Crippen molar-refractivity contribution in [2.45, 2.75) is 0 Å². The summed E-state index contributed by atoms with van der Waals surface area (Å²) in [4.78, 5) is 13.6. The number of aliphatic imine (C=N–C) groups is 1. The summed E-state index contributed by atoms with van der Waals surface area (Å²) in [5.41, 5.74) is 0.424. The van der Waals surface area contributed by atoms with Crippen molar-refractivity contribution in [2.24, 2.45) is 4.99 Å². The first kappa shape index (κ1) is 4.88. The number of rotatable bonds is 1. The number of allylic oxidation sites excluding steroid dienone is 3. The highest BCUT2D eigenvalue weighted by atomic mass is 16.1. The minimum atomic E-state index is 0.424. The van der Waals surface area contributed by atoms with Crippen molar-refractivity contribution in [3.8, 4) is 0 Å². The van der Waals surface area contributed by atoms with E-state index in [4.69, 9.17) is 0 Å². The van der Waals surface area contributed by atoms with Gasteiger partial charge in [-0.2, -0.15) is 0 Å². The molecule has 0 aromatic carbocycles. The van der Waals surface area contributed by atoms with Gasteiger partial charge in [0, 0.05) is 6.08 Å². The van der Waals surface area contributed by atoms with Gasteiger partial charge < -0.3 is 0 Å². The number of nitrogens with zero attached hydrogens (tertiary/aromatic N) is 1. The Labute approximate surface area is 47.2 Å². The third-order valence-electron chi connectivity index (χ3n) is 0.746. The van der Waals surface area contributed by atoms with Crippen molar-refractivity contribution in [1.29, 1.82) is 0 Å². The van der Waals surface area contributed by atoms with Crippen LogP contribution in [0.2, 0.25) is 0 Å². The second-order valence-electron chi connectivity index (χ2n) is 1.30. The highest BCUT2D eigenvalue weighted by Crippen LogP contribution is 1.88. The largest absolute Gasteiger partial charge is 0.280 e. The van der Waals surface area contributed by atoms with E-state index in [2.05, 4.69) is 11.1 Å². The minimum absolute atomic E-state index is 0.424. The molecule has 0 bridgehead atoms. The van der Waals surface area contributed by atoms with Crippen molar-refractivity contribution in [2.75, 3.05) is 0 Å². The summed E-state index contributed by atoms with van der Waals surface area (Å²) in [6, 6.07) is 0. The summed E-state index contributed by atoms with van der Waals surface area (Å²) in [5.74, 6) is 0. The second kappa shape index (κ2) is 2.15. The van der Waals surface area contributed by atoms with Crippen LogP contribution in [-0.4, -0.2) is 12.0 Å². The van der Waals surface area contributed by atoms with Gasteiger partial charge in [-0.05, 0) is 0 Å². The van der Waals surface area contributed by atoms with Gasteiger partial charge in [-0.3, -0.25) is 4.79 Å². The fraction of sp³-hybridized carbons (Fsp3) is 0. The standard InChI is InChI=1S/C6H4NO/c8-5-6-3-1-2-4-7-6/h2-5H/q+1. The Morgan fingerprint density at radius 1 is 1.75 bits per heavy atom. The topological polar surface area (TPSA) is 29.4 Å². The lowest BCUT2D eigenvalue weighted by Crippen LogP contribution is -1.94. The van der Waals surface area contributed by atoms with Crippen LogP contribution >= 0.6 is 0 Å². The Balaban J connectivity index is 2.82. The van der Waals surface area contributed by atoms with Gasteiger partial charge in [0.25, 0.3) is 0 Å². The van der Waals surface area contributed by atoms with Crippen LogP contribution in [0.1, 0.15) is 0 Å². The molecule has 8 heavy (non-hydrogen) atoms. The van der Waals surface area contributed by atoms with Crippen molar-refractivity contribution < 1.29 is 4.79 Å². The maximum absolute atomic E-state index is 9.92. The fourth-order valence-electron chi connectivity index (χ4n) is 0.402. The molecular formula is C6H4NO+. The number of hydrogen-bond acceptors (Lipinski definition) is 2. The van der Waals surface area contributed by atoms with E-state index in [0.717, 1.165) is 0 Å². The van der Waals surface area contributed by atoms with Crippen LogP contribution in [0.15, 0.2) is 23.3 Å². The second-order valence-corrected chi connectivity index (χ2v) is 1.30. The number of carbonyl (C=O) groups excluding carboxylic acids is 1. The lowest BCUT2D eigenvalue weighted by Gasteiger charge is -1.75. The van der Waals surface area contributed by atoms with Gasteiger partial charge in [0.1, 0.15) is 18.4 Å². The molecule has 1 rings (SSSR count). The lowest BCUT2D eigenvalue weighted by molar-refractivity contribution is -0.102. The van der Waals surface area contributed by atoms with Crippen LogP contribution < -0.4 is 0 Å². The Kier molecular flexibility index (Phi) is 1.31. The molecule has 2 heteroatoms. The van der Waals surface area contributed by atoms with Gasteiger partial charge in [0.05, 0.1) is 0 Å². The maximum atomic E-state index is 9.92. The summed E-state index contributed by atoms with van der Waals surface area (Å²) in [6.45, 7) is 0. The monoisotopic (exact) mass is 106 g/mol. The van der Waals surface area contributed by atoms with E-state index in [-0.39, 0.29) is 0 Å². The van der Waals surface area contributed by atoms with Crippen LogP contribution in [0.4, 0.5) is 0 Å². The predicted molar refractivity (Wildman–Crippen MR) is 30.5 cm³/mol. The SMILES string of the molecule is O=CC1=NC=C[C+]=C1. The molecule has 0 atom stereocenters. The van der Waals surface area contributed by atoms with Crippen LogP contribution in [0.25, 0.3) is 0 Å². The number of carbonyl (C=O) groups is 1. The molecule has 0 aromatic rings. The molecule has 0 saturated heterocycles. The smallest absolute Gasteiger partial charge is 0.225 e. The Morgan fingerprint density at radius 2 is 2.62 bits per heavy atom. The summed E-state index contributed by atoms with van der Waals surface area (Å²) in [7, 11) is 0. The van der Waals surface area contributed by atoms with Crippen molar-refractivity contribution in [3.05, 3.63) is 24.4 Å². The Hall–Kier alpha value is -1.27. The summed E-state index contributed by atoms with van der Waals surface area (Å²) < 4.78 is 0. The molecule has 0 radical (unpaired) electrons. The van der Waals surface area contributed by atoms with E-state index in [1.54, 1.807) is 6.08 Å². The summed E-state index contributed by atoms with van der Waals surface area (Å²) >= 11 is 0. The average Bonchev–Trinajstić information content (AvgIpc) is 1.90. The molecule has 38 valence electrons. The molecule has 0 aliphatic carbocycles. The van der Waals surface area contributed by atoms with Crippen LogP contribution in [-0.2, 0) is 4.79 Å². The Bertz CT molecular complexity index is 177. The molecule has 0 spiro atoms. The van der Waals surface area contributed by atoms with E-state index >= 15 is 0 Å². The molecule has 0 aromatic heterocycles. The number of aldehydes is 1. The third-order valence-corrected chi connectivity index (χ3v) is 0.746. The average molecular weight is 106 g/mol. The molecule has 2 nitrogen and oxygen atoms in total. The van der Waals surface area contributed by atoms with Crippen LogP contribution in [0.5, 0.6) is 0 Å². The third kappa shape index (κ3) is 0.863. The normalized spacial score (nSPS) is 14.8. The highest BCUT2D eigenvalue weighted by Gasteiger charge is 1.99. The molecule has 1 aliphatic heterocycles. The summed E-state index contributed by atoms with van der Waals surface area (Å²) in [6.07, 6.45) is 8.12. The minimum Gasteiger partial charge on any atom is -0.280 e. The van der Waals surface area contributed by atoms with E-state index in [1.165, 1.54) is 12.3 Å². The first-order valence-corrected chi connectivity index (χ1v) is 2.21. The molecule has 0 unspecified atom stereocenters. The van der Waals surface area contributed by atoms with Gasteiger partial charge in [0.2, 0.25) is 12.0 Å². The molecule has 1 aliphatic rings. The molecule has 1 heterocycles. The van der Waals surface area contributed by atoms with Gasteiger partial charge in [-0.15, -0.1) is 4.99 Å². The van der Waals surface area contributed by atoms with Gasteiger partial charge in [-0.1, -0.05) is 0 Å². The first-order chi connectivity index (χ1) is 3.93. The van der Waals surface area contributed by atoms with Gasteiger partial charge in [0.15, 0.2) is 0 Å². The number of hydrogen-bond donors (Lipinski definition) is 0. The van der Waals surface area contributed by atoms with Gasteiger partial charge >= 0.3 is 0 Å². The predicted octanol–water partition coefficient (Wildman–Crippen LogP) is 0.513. The van der Waals surface area contributed by atoms with E-state index in [1.807, 2.05) is 0 Å². The van der Waals surface area contributed by atoms with E-state index in [0.29, 0.717) is 12.0 Å². The zero-order valence-electron chi connectivity index (χ0n) is 4.16. The molecular weight excluding hydrogens is 102 g/mol. The zero-order chi connectivity index (χ0) is 5.82. The molecule has 0 amide bonds. The van der Waals surface area contributed by atoms with Crippen LogP contribution in [0.3, 0.4) is 0 Å². The maximum Gasteiger partial charge on any atom is 0.225 e. The first-order valence-electron chi connectivity index (χ1n) is 2.21. The molecule has 0 saturated carbocycles. The quantitative estimate of drug-likeness (QED) is 0.354. The van der Waals surface area contributed by atoms with Crippen molar-refractivity contribution in [3.63, 3.8) is 0 Å². The highest BCUT2D eigenvalue weighted by molar-refractivity contribution is 6.33.